The first-order valence-electron chi connectivity index (χ1n) is 2.61. The molecule has 10 heavy (non-hydrogen) atoms. The Morgan fingerprint density at radius 2 is 2.10 bits per heavy atom. The van der Waals surface area contributed by atoms with Gasteiger partial charge in [-0.25, -0.2) is 8.42 Å². The first-order valence-corrected chi connectivity index (χ1v) is 4.43. The van der Waals surface area contributed by atoms with Crippen LogP contribution in [0, 0.1) is 12.3 Å². The Balaban J connectivity index is 4.19. The molecule has 0 aromatic carbocycles. The maximum atomic E-state index is 10.7. The number of hydrogen-bond acceptors (Lipinski definition) is 3. The molecule has 0 aliphatic carbocycles. The maximum Gasteiger partial charge on any atom is 0.168 e. The highest BCUT2D eigenvalue weighted by Crippen LogP contribution is 1.88. The molecule has 0 atom stereocenters. The second-order valence-electron chi connectivity index (χ2n) is 1.94. The van der Waals surface area contributed by atoms with Crippen LogP contribution in [0.2, 0.25) is 0 Å². The zero-order valence-corrected chi connectivity index (χ0v) is 6.44. The average molecular weight is 160 g/mol. The third kappa shape index (κ3) is 4.10. The molecule has 0 radical (unpaired) electrons. The first-order chi connectivity index (χ1) is 4.48. The van der Waals surface area contributed by atoms with Crippen molar-refractivity contribution in [2.75, 3.05) is 11.5 Å². The van der Waals surface area contributed by atoms with Crippen molar-refractivity contribution in [3.63, 3.8) is 0 Å². The average Bonchev–Trinajstić information content (AvgIpc) is 1.59. The Morgan fingerprint density at radius 3 is 2.40 bits per heavy atom. The van der Waals surface area contributed by atoms with Crippen LogP contribution in [0.15, 0.2) is 0 Å². The van der Waals surface area contributed by atoms with Crippen molar-refractivity contribution < 1.29 is 13.2 Å². The molecule has 0 bridgehead atoms. The van der Waals surface area contributed by atoms with Gasteiger partial charge in [0.25, 0.3) is 0 Å². The van der Waals surface area contributed by atoms with Gasteiger partial charge in [0, 0.05) is 0 Å². The van der Waals surface area contributed by atoms with E-state index in [4.69, 9.17) is 6.42 Å². The molecule has 0 unspecified atom stereocenters. The second-order valence-corrected chi connectivity index (χ2v) is 4.00. The summed E-state index contributed by atoms with van der Waals surface area (Å²) in [5.41, 5.74) is 0. The van der Waals surface area contributed by atoms with Crippen molar-refractivity contribution in [1.82, 2.24) is 0 Å². The van der Waals surface area contributed by atoms with Crippen LogP contribution in [0.1, 0.15) is 6.92 Å². The normalized spacial score (nSPS) is 10.4. The van der Waals surface area contributed by atoms with Crippen LogP contribution in [0.3, 0.4) is 0 Å². The van der Waals surface area contributed by atoms with E-state index in [1.807, 2.05) is 5.92 Å². The van der Waals surface area contributed by atoms with E-state index in [1.165, 1.54) is 6.92 Å². The molecule has 0 aromatic rings. The summed E-state index contributed by atoms with van der Waals surface area (Å²) in [4.78, 5) is 10.3. The smallest absolute Gasteiger partial charge is 0.168 e. The minimum atomic E-state index is -3.32. The fraction of sp³-hybridized carbons (Fsp3) is 0.500. The lowest BCUT2D eigenvalue weighted by atomic mass is 10.5. The summed E-state index contributed by atoms with van der Waals surface area (Å²) >= 11 is 0. The van der Waals surface area contributed by atoms with Crippen LogP contribution in [-0.4, -0.2) is 25.7 Å². The lowest BCUT2D eigenvalue weighted by Crippen LogP contribution is -2.15. The van der Waals surface area contributed by atoms with Gasteiger partial charge < -0.3 is 0 Å². The number of sulfone groups is 1. The zero-order valence-electron chi connectivity index (χ0n) is 5.62. The molecule has 0 aliphatic heterocycles. The molecule has 0 heterocycles. The van der Waals surface area contributed by atoms with Crippen molar-refractivity contribution >= 4 is 15.6 Å². The molecule has 0 aliphatic rings. The predicted molar refractivity (Wildman–Crippen MR) is 38.2 cm³/mol. The van der Waals surface area contributed by atoms with Gasteiger partial charge in [-0.3, -0.25) is 4.79 Å². The van der Waals surface area contributed by atoms with E-state index in [2.05, 4.69) is 0 Å². The molecule has 0 saturated heterocycles. The fourth-order valence-electron chi connectivity index (χ4n) is 0.488. The van der Waals surface area contributed by atoms with E-state index in [9.17, 15) is 13.2 Å². The monoisotopic (exact) mass is 160 g/mol. The van der Waals surface area contributed by atoms with Gasteiger partial charge in [-0.15, -0.1) is 6.42 Å². The van der Waals surface area contributed by atoms with E-state index in [0.29, 0.717) is 0 Å². The Kier molecular flexibility index (Phi) is 3.10. The number of terminal acetylenes is 1. The molecule has 0 saturated carbocycles. The molecule has 0 fully saturated rings. The maximum absolute atomic E-state index is 10.7. The summed E-state index contributed by atoms with van der Waals surface area (Å²) in [7, 11) is -3.32. The summed E-state index contributed by atoms with van der Waals surface area (Å²) in [5, 5.41) is 0. The number of hydrogen-bond donors (Lipinski definition) is 0. The van der Waals surface area contributed by atoms with Crippen LogP contribution >= 0.6 is 0 Å². The van der Waals surface area contributed by atoms with Crippen molar-refractivity contribution in [2.45, 2.75) is 6.92 Å². The van der Waals surface area contributed by atoms with E-state index in [0.717, 1.165) is 0 Å². The Bertz CT molecular complexity index is 255. The van der Waals surface area contributed by atoms with Crippen LogP contribution in [-0.2, 0) is 14.6 Å². The molecule has 0 rings (SSSR count). The van der Waals surface area contributed by atoms with Crippen molar-refractivity contribution in [1.29, 1.82) is 0 Å². The van der Waals surface area contributed by atoms with Crippen LogP contribution in [0.25, 0.3) is 0 Å². The molecule has 56 valence electrons. The van der Waals surface area contributed by atoms with Crippen LogP contribution in [0.4, 0.5) is 0 Å². The van der Waals surface area contributed by atoms with E-state index in [1.54, 1.807) is 0 Å². The first kappa shape index (κ1) is 9.18. The summed E-state index contributed by atoms with van der Waals surface area (Å²) in [6.07, 6.45) is 4.75. The Hall–Kier alpha value is -0.820. The molecule has 4 heteroatoms. The van der Waals surface area contributed by atoms with Crippen molar-refractivity contribution in [3.05, 3.63) is 0 Å². The number of Topliss-reactive ketones (excluding diaryl/α,β-unsaturated/α-hetero) is 1. The molecule has 0 amide bonds. The third-order valence-electron chi connectivity index (χ3n) is 0.726. The SMILES string of the molecule is C#CCS(=O)(=O)CC(C)=O. The van der Waals surface area contributed by atoms with Gasteiger partial charge in [-0.05, 0) is 6.92 Å². The molecule has 0 spiro atoms. The van der Waals surface area contributed by atoms with Gasteiger partial charge >= 0.3 is 0 Å². The van der Waals surface area contributed by atoms with Gasteiger partial charge in [-0.2, -0.15) is 0 Å². The summed E-state index contributed by atoms with van der Waals surface area (Å²) in [6, 6.07) is 0. The van der Waals surface area contributed by atoms with Gasteiger partial charge in [0.1, 0.15) is 17.3 Å². The molecule has 0 N–H and O–H groups in total. The highest BCUT2D eigenvalue weighted by Gasteiger charge is 2.10. The third-order valence-corrected chi connectivity index (χ3v) is 2.18. The minimum Gasteiger partial charge on any atom is -0.299 e. The van der Waals surface area contributed by atoms with Gasteiger partial charge in [0.15, 0.2) is 9.84 Å². The highest BCUT2D eigenvalue weighted by atomic mass is 32.2. The quantitative estimate of drug-likeness (QED) is 0.529. The molecule has 3 nitrogen and oxygen atoms in total. The fourth-order valence-corrected chi connectivity index (χ4v) is 1.46. The largest absolute Gasteiger partial charge is 0.299 e. The van der Waals surface area contributed by atoms with Gasteiger partial charge in [-0.1, -0.05) is 5.92 Å². The van der Waals surface area contributed by atoms with Gasteiger partial charge in [0.2, 0.25) is 0 Å². The Labute approximate surface area is 60.4 Å². The van der Waals surface area contributed by atoms with Crippen molar-refractivity contribution in [2.24, 2.45) is 0 Å². The standard InChI is InChI=1S/C6H8O3S/c1-3-4-10(8,9)5-6(2)7/h1H,4-5H2,2H3. The summed E-state index contributed by atoms with van der Waals surface area (Å²) in [6.45, 7) is 1.22. The molecular weight excluding hydrogens is 152 g/mol. The van der Waals surface area contributed by atoms with E-state index >= 15 is 0 Å². The highest BCUT2D eigenvalue weighted by molar-refractivity contribution is 7.92. The van der Waals surface area contributed by atoms with E-state index < -0.39 is 15.6 Å². The lowest BCUT2D eigenvalue weighted by Gasteiger charge is -1.93. The molecule has 0 aromatic heterocycles. The second kappa shape index (κ2) is 3.37. The zero-order chi connectivity index (χ0) is 8.20. The Morgan fingerprint density at radius 1 is 1.60 bits per heavy atom. The minimum absolute atomic E-state index is 0.355. The number of rotatable bonds is 3. The predicted octanol–water partition coefficient (Wildman–Crippen LogP) is -0.377. The van der Waals surface area contributed by atoms with E-state index in [-0.39, 0.29) is 11.5 Å². The number of carbonyl (C=O) groups excluding carboxylic acids is 1. The summed E-state index contributed by atoms with van der Waals surface area (Å²) < 4.78 is 21.4. The van der Waals surface area contributed by atoms with Crippen LogP contribution in [0.5, 0.6) is 0 Å². The number of carbonyl (C=O) groups is 1. The van der Waals surface area contributed by atoms with Crippen molar-refractivity contribution in [3.8, 4) is 12.3 Å². The van der Waals surface area contributed by atoms with Gasteiger partial charge in [0.05, 0.1) is 0 Å². The lowest BCUT2D eigenvalue weighted by molar-refractivity contribution is -0.114. The van der Waals surface area contributed by atoms with Crippen LogP contribution < -0.4 is 0 Å². The topological polar surface area (TPSA) is 51.2 Å². The number of ketones is 1. The summed E-state index contributed by atoms with van der Waals surface area (Å²) in [5.74, 6) is 0.792. The molecular formula is C6H8O3S.